The Bertz CT molecular complexity index is 761. The lowest BCUT2D eigenvalue weighted by Crippen LogP contribution is -2.46. The summed E-state index contributed by atoms with van der Waals surface area (Å²) in [5.74, 6) is -1.02. The topological polar surface area (TPSA) is 86.9 Å². The van der Waals surface area contributed by atoms with E-state index in [0.29, 0.717) is 44.9 Å². The number of hydrogen-bond acceptors (Lipinski definition) is 5. The molecule has 2 aliphatic rings. The summed E-state index contributed by atoms with van der Waals surface area (Å²) in [6.45, 7) is 1.94. The number of aromatic nitrogens is 1. The summed E-state index contributed by atoms with van der Waals surface area (Å²) in [7, 11) is 0. The van der Waals surface area contributed by atoms with Gasteiger partial charge in [-0.2, -0.15) is 4.98 Å². The van der Waals surface area contributed by atoms with E-state index in [0.717, 1.165) is 17.5 Å². The van der Waals surface area contributed by atoms with Crippen LogP contribution in [0.25, 0.3) is 11.1 Å². The number of carbonyl (C=O) groups is 2. The van der Waals surface area contributed by atoms with Crippen LogP contribution in [0.4, 0.5) is 6.01 Å². The van der Waals surface area contributed by atoms with Crippen LogP contribution in [0.15, 0.2) is 28.7 Å². The van der Waals surface area contributed by atoms with Crippen molar-refractivity contribution in [1.29, 1.82) is 0 Å². The van der Waals surface area contributed by atoms with Crippen LogP contribution in [-0.4, -0.2) is 52.5 Å². The highest BCUT2D eigenvalue weighted by atomic mass is 16.4. The monoisotopic (exact) mass is 343 g/mol. The van der Waals surface area contributed by atoms with E-state index in [2.05, 4.69) is 9.88 Å². The van der Waals surface area contributed by atoms with Crippen LogP contribution in [0, 0.1) is 5.92 Å². The van der Waals surface area contributed by atoms with Crippen molar-refractivity contribution in [3.63, 3.8) is 0 Å². The largest absolute Gasteiger partial charge is 0.480 e. The summed E-state index contributed by atoms with van der Waals surface area (Å²) in [6, 6.07) is 7.59. The van der Waals surface area contributed by atoms with E-state index in [4.69, 9.17) is 4.42 Å². The van der Waals surface area contributed by atoms with Crippen LogP contribution < -0.4 is 4.90 Å². The van der Waals surface area contributed by atoms with Crippen LogP contribution in [0.2, 0.25) is 0 Å². The number of carbonyl (C=O) groups excluding carboxylic acids is 1. The van der Waals surface area contributed by atoms with Crippen LogP contribution in [0.5, 0.6) is 0 Å². The van der Waals surface area contributed by atoms with Gasteiger partial charge in [0.1, 0.15) is 11.6 Å². The summed E-state index contributed by atoms with van der Waals surface area (Å²) in [5.41, 5.74) is 1.59. The number of amides is 1. The standard InChI is InChI=1S/C18H21N3O4/c22-16(21-9-3-5-14(21)17(23)24)12-7-10-20(11-8-12)18-19-13-4-1-2-6-15(13)25-18/h1-2,4,6,12,14H,3,5,7-11H2,(H,23,24)/t14-/m1/s1. The van der Waals surface area contributed by atoms with Gasteiger partial charge in [-0.15, -0.1) is 0 Å². The van der Waals surface area contributed by atoms with Crippen molar-refractivity contribution in [3.8, 4) is 0 Å². The molecule has 2 aliphatic heterocycles. The normalized spacial score (nSPS) is 21.8. The maximum atomic E-state index is 12.7. The van der Waals surface area contributed by atoms with Gasteiger partial charge in [0.2, 0.25) is 5.91 Å². The number of rotatable bonds is 3. The molecule has 132 valence electrons. The number of carboxylic acid groups (broad SMARTS) is 1. The molecular formula is C18H21N3O4. The Balaban J connectivity index is 1.41. The number of aliphatic carboxylic acids is 1. The number of anilines is 1. The molecule has 2 saturated heterocycles. The first-order chi connectivity index (χ1) is 12.1. The summed E-state index contributed by atoms with van der Waals surface area (Å²) >= 11 is 0. The maximum absolute atomic E-state index is 12.7. The van der Waals surface area contributed by atoms with Crippen LogP contribution in [0.3, 0.4) is 0 Å². The van der Waals surface area contributed by atoms with Gasteiger partial charge in [0, 0.05) is 25.6 Å². The molecule has 1 amide bonds. The summed E-state index contributed by atoms with van der Waals surface area (Å²) in [6.07, 6.45) is 2.72. The van der Waals surface area contributed by atoms with Crippen LogP contribution in [-0.2, 0) is 9.59 Å². The maximum Gasteiger partial charge on any atom is 0.326 e. The molecule has 0 unspecified atom stereocenters. The van der Waals surface area contributed by atoms with Gasteiger partial charge in [-0.05, 0) is 37.8 Å². The molecule has 2 aromatic rings. The number of hydrogen-bond donors (Lipinski definition) is 1. The average Bonchev–Trinajstić information content (AvgIpc) is 3.28. The number of oxazole rings is 1. The zero-order valence-electron chi connectivity index (χ0n) is 13.9. The lowest BCUT2D eigenvalue weighted by Gasteiger charge is -2.33. The first-order valence-corrected chi connectivity index (χ1v) is 8.77. The molecule has 2 fully saturated rings. The van der Waals surface area contributed by atoms with Crippen molar-refractivity contribution in [1.82, 2.24) is 9.88 Å². The van der Waals surface area contributed by atoms with Crippen molar-refractivity contribution < 1.29 is 19.1 Å². The SMILES string of the molecule is O=C(O)[C@H]1CCCN1C(=O)C1CCN(c2nc3ccccc3o2)CC1. The molecule has 1 aromatic heterocycles. The summed E-state index contributed by atoms with van der Waals surface area (Å²) in [5, 5.41) is 9.27. The van der Waals surface area contributed by atoms with Crippen molar-refractivity contribution >= 4 is 29.0 Å². The first-order valence-electron chi connectivity index (χ1n) is 8.77. The molecule has 0 saturated carbocycles. The van der Waals surface area contributed by atoms with Crippen molar-refractivity contribution in [3.05, 3.63) is 24.3 Å². The van der Waals surface area contributed by atoms with Crippen LogP contribution in [0.1, 0.15) is 25.7 Å². The molecule has 0 radical (unpaired) electrons. The van der Waals surface area contributed by atoms with E-state index >= 15 is 0 Å². The molecule has 7 nitrogen and oxygen atoms in total. The van der Waals surface area contributed by atoms with Gasteiger partial charge in [0.05, 0.1) is 0 Å². The highest BCUT2D eigenvalue weighted by molar-refractivity contribution is 5.86. The fourth-order valence-corrected chi connectivity index (χ4v) is 3.83. The number of para-hydroxylation sites is 2. The van der Waals surface area contributed by atoms with Gasteiger partial charge in [-0.3, -0.25) is 4.79 Å². The molecule has 0 bridgehead atoms. The molecule has 4 rings (SSSR count). The molecule has 0 spiro atoms. The number of piperidine rings is 1. The Hall–Kier alpha value is -2.57. The van der Waals surface area contributed by atoms with E-state index in [1.54, 1.807) is 4.90 Å². The number of carboxylic acids is 1. The van der Waals surface area contributed by atoms with E-state index in [1.807, 2.05) is 24.3 Å². The highest BCUT2D eigenvalue weighted by Gasteiger charge is 2.38. The molecular weight excluding hydrogens is 322 g/mol. The number of likely N-dealkylation sites (tertiary alicyclic amines) is 1. The third-order valence-electron chi connectivity index (χ3n) is 5.22. The molecule has 3 heterocycles. The number of fused-ring (bicyclic) bond motifs is 1. The molecule has 1 aromatic carbocycles. The third-order valence-corrected chi connectivity index (χ3v) is 5.22. The first kappa shape index (κ1) is 15.9. The Morgan fingerprint density at radius 2 is 1.88 bits per heavy atom. The Morgan fingerprint density at radius 3 is 2.60 bits per heavy atom. The lowest BCUT2D eigenvalue weighted by atomic mass is 9.95. The number of nitrogens with zero attached hydrogens (tertiary/aromatic N) is 3. The van der Waals surface area contributed by atoms with Gasteiger partial charge >= 0.3 is 5.97 Å². The smallest absolute Gasteiger partial charge is 0.326 e. The predicted molar refractivity (Wildman–Crippen MR) is 91.3 cm³/mol. The van der Waals surface area contributed by atoms with Crippen molar-refractivity contribution in [2.75, 3.05) is 24.5 Å². The van der Waals surface area contributed by atoms with Gasteiger partial charge in [-0.25, -0.2) is 4.79 Å². The minimum Gasteiger partial charge on any atom is -0.480 e. The number of benzene rings is 1. The molecule has 0 aliphatic carbocycles. The Labute approximate surface area is 145 Å². The summed E-state index contributed by atoms with van der Waals surface area (Å²) in [4.78, 5) is 32.1. The van der Waals surface area contributed by atoms with Gasteiger partial charge in [-0.1, -0.05) is 12.1 Å². The fraction of sp³-hybridized carbons (Fsp3) is 0.500. The van der Waals surface area contributed by atoms with Crippen molar-refractivity contribution in [2.24, 2.45) is 5.92 Å². The van der Waals surface area contributed by atoms with Crippen molar-refractivity contribution in [2.45, 2.75) is 31.7 Å². The average molecular weight is 343 g/mol. The highest BCUT2D eigenvalue weighted by Crippen LogP contribution is 2.29. The van der Waals surface area contributed by atoms with Crippen LogP contribution >= 0.6 is 0 Å². The van der Waals surface area contributed by atoms with E-state index < -0.39 is 12.0 Å². The van der Waals surface area contributed by atoms with Gasteiger partial charge < -0.3 is 19.3 Å². The molecule has 1 N–H and O–H groups in total. The molecule has 7 heteroatoms. The quantitative estimate of drug-likeness (QED) is 0.918. The predicted octanol–water partition coefficient (Wildman–Crippen LogP) is 2.12. The van der Waals surface area contributed by atoms with E-state index in [9.17, 15) is 14.7 Å². The molecule has 25 heavy (non-hydrogen) atoms. The summed E-state index contributed by atoms with van der Waals surface area (Å²) < 4.78 is 5.79. The van der Waals surface area contributed by atoms with Gasteiger partial charge in [0.25, 0.3) is 6.01 Å². The zero-order valence-corrected chi connectivity index (χ0v) is 13.9. The second-order valence-electron chi connectivity index (χ2n) is 6.75. The Morgan fingerprint density at radius 1 is 1.12 bits per heavy atom. The van der Waals surface area contributed by atoms with E-state index in [-0.39, 0.29) is 11.8 Å². The minimum absolute atomic E-state index is 0.0119. The van der Waals surface area contributed by atoms with E-state index in [1.165, 1.54) is 0 Å². The van der Waals surface area contributed by atoms with Gasteiger partial charge in [0.15, 0.2) is 5.58 Å². The second kappa shape index (κ2) is 6.38. The lowest BCUT2D eigenvalue weighted by molar-refractivity contribution is -0.150. The minimum atomic E-state index is -0.894. The Kier molecular flexibility index (Phi) is 4.07. The third kappa shape index (κ3) is 2.94. The molecule has 1 atom stereocenters. The zero-order chi connectivity index (χ0) is 17.4. The second-order valence-corrected chi connectivity index (χ2v) is 6.75. The fourth-order valence-electron chi connectivity index (χ4n) is 3.83.